The minimum Gasteiger partial charge on any atom is -0.482 e. The summed E-state index contributed by atoms with van der Waals surface area (Å²) in [5, 5.41) is 104. The fourth-order valence-electron chi connectivity index (χ4n) is 12.6. The fourth-order valence-corrected chi connectivity index (χ4v) is 13.5. The first-order valence-electron chi connectivity index (χ1n) is 39.8. The number of hydrogen-bond acceptors (Lipinski definition) is 29. The Morgan fingerprint density at radius 2 is 0.672 bits per heavy atom. The van der Waals surface area contributed by atoms with Gasteiger partial charge >= 0.3 is 41.8 Å². The van der Waals surface area contributed by atoms with Gasteiger partial charge in [-0.15, -0.1) is 83.1 Å². The van der Waals surface area contributed by atoms with E-state index in [4.69, 9.17) is 56.1 Å². The quantitative estimate of drug-likeness (QED) is 0.0292. The van der Waals surface area contributed by atoms with Crippen LogP contribution in [0.4, 0.5) is 0 Å². The van der Waals surface area contributed by atoms with Crippen molar-refractivity contribution in [2.24, 2.45) is 0 Å². The number of carboxylic acid groups (broad SMARTS) is 4. The van der Waals surface area contributed by atoms with Crippen LogP contribution in [0.1, 0.15) is 270 Å². The zero-order chi connectivity index (χ0) is 95.7. The van der Waals surface area contributed by atoms with Crippen molar-refractivity contribution >= 4 is 105 Å². The van der Waals surface area contributed by atoms with Crippen molar-refractivity contribution in [2.75, 3.05) is 55.0 Å². The second-order valence-corrected chi connectivity index (χ2v) is 37.5. The Bertz CT molecular complexity index is 6230. The Balaban J connectivity index is 0.000000185. The highest BCUT2D eigenvalue weighted by atomic mass is 35.5. The first kappa shape index (κ1) is 100. The maximum absolute atomic E-state index is 11.5. The molecule has 128 heavy (non-hydrogen) atoms. The predicted molar refractivity (Wildman–Crippen MR) is 475 cm³/mol. The molecule has 0 aliphatic rings. The third-order valence-electron chi connectivity index (χ3n) is 18.6. The largest absolute Gasteiger partial charge is 0.482 e. The lowest BCUT2D eigenvalue weighted by molar-refractivity contribution is 0.0592. The topological polar surface area (TPSA) is 487 Å². The van der Waals surface area contributed by atoms with Gasteiger partial charge in [0.2, 0.25) is 11.8 Å². The molecular weight excluding hydrogens is 1690 g/mol. The van der Waals surface area contributed by atoms with Crippen LogP contribution in [0.5, 0.6) is 11.8 Å². The number of esters is 3. The zero-order valence-corrected chi connectivity index (χ0v) is 78.6. The van der Waals surface area contributed by atoms with Crippen LogP contribution in [-0.2, 0) is 63.5 Å². The van der Waals surface area contributed by atoms with E-state index in [0.717, 1.165) is 51.4 Å². The molecule has 14 aromatic rings. The molecule has 0 aromatic carbocycles. The highest BCUT2D eigenvalue weighted by molar-refractivity contribution is 7.98. The average Bonchev–Trinajstić information content (AvgIpc) is 1.64. The first-order chi connectivity index (χ1) is 59.5. The van der Waals surface area contributed by atoms with Crippen LogP contribution in [0.25, 0.3) is 39.5 Å². The normalized spacial score (nSPS) is 11.9. The summed E-state index contributed by atoms with van der Waals surface area (Å²) in [6.07, 6.45) is 3.70. The number of carbonyl (C=O) groups is 7. The van der Waals surface area contributed by atoms with Gasteiger partial charge in [0.05, 0.1) is 91.3 Å². The summed E-state index contributed by atoms with van der Waals surface area (Å²) < 4.78 is 42.6. The van der Waals surface area contributed by atoms with Crippen molar-refractivity contribution in [1.82, 2.24) is 102 Å². The third kappa shape index (κ3) is 23.3. The van der Waals surface area contributed by atoms with Crippen LogP contribution < -0.4 is 9.47 Å². The van der Waals surface area contributed by atoms with Crippen LogP contribution in [0, 0.1) is 6.92 Å². The van der Waals surface area contributed by atoms with Gasteiger partial charge in [0.15, 0.2) is 39.5 Å². The minimum absolute atomic E-state index is 0.0679. The highest BCUT2D eigenvalue weighted by Crippen LogP contribution is 2.33. The number of aromatic nitrogens is 21. The van der Waals surface area contributed by atoms with E-state index in [1.807, 2.05) is 114 Å². The van der Waals surface area contributed by atoms with Crippen molar-refractivity contribution in [3.8, 4) is 11.8 Å². The molecule has 0 aliphatic heterocycles. The number of ether oxygens (including phenoxy) is 6. The molecule has 41 heteroatoms. The number of carboxylic acids is 4. The van der Waals surface area contributed by atoms with Gasteiger partial charge in [-0.3, -0.25) is 22.0 Å². The van der Waals surface area contributed by atoms with Gasteiger partial charge in [0.25, 0.3) is 0 Å². The number of fused-ring (bicyclic) bond motifs is 7. The van der Waals surface area contributed by atoms with E-state index in [2.05, 4.69) is 143 Å². The van der Waals surface area contributed by atoms with Crippen LogP contribution in [0.15, 0.2) is 96.2 Å². The maximum atomic E-state index is 11.5. The predicted octanol–water partition coefficient (Wildman–Crippen LogP) is 13.6. The number of rotatable bonds is 14. The van der Waals surface area contributed by atoms with E-state index in [9.17, 15) is 33.6 Å². The second-order valence-electron chi connectivity index (χ2n) is 36.3. The lowest BCUT2D eigenvalue weighted by atomic mass is 9.95. The van der Waals surface area contributed by atoms with Crippen molar-refractivity contribution in [1.29, 1.82) is 0 Å². The molecule has 0 saturated carbocycles. The van der Waals surface area contributed by atoms with Gasteiger partial charge in [0, 0.05) is 69.0 Å². The summed E-state index contributed by atoms with van der Waals surface area (Å²) in [4.78, 5) is 78.7. The molecule has 14 rings (SSSR count). The van der Waals surface area contributed by atoms with Crippen molar-refractivity contribution < 1.29 is 87.5 Å². The second kappa shape index (κ2) is 39.8. The lowest BCUT2D eigenvalue weighted by Crippen LogP contribution is -2.18. The van der Waals surface area contributed by atoms with Gasteiger partial charge < -0.3 is 54.0 Å². The van der Waals surface area contributed by atoms with Gasteiger partial charge in [-0.05, 0) is 86.0 Å². The van der Waals surface area contributed by atoms with Gasteiger partial charge in [-0.2, -0.15) is 0 Å². The molecule has 0 bridgehead atoms. The molecular formula is C87H110ClN21O18S. The number of aryl methyl sites for hydroxylation is 1. The third-order valence-corrected chi connectivity index (χ3v) is 19.6. The average molecular weight is 1810 g/mol. The Labute approximate surface area is 746 Å². The molecule has 0 spiro atoms. The summed E-state index contributed by atoms with van der Waals surface area (Å²) >= 11 is 7.68. The van der Waals surface area contributed by atoms with E-state index in [1.165, 1.54) is 70.5 Å². The Morgan fingerprint density at radius 3 is 1.07 bits per heavy atom. The molecule has 5 N–H and O–H groups in total. The van der Waals surface area contributed by atoms with Gasteiger partial charge in [-0.25, -0.2) is 42.4 Å². The molecule has 14 aromatic heterocycles. The molecule has 0 fully saturated rings. The van der Waals surface area contributed by atoms with E-state index < -0.39 is 29.8 Å². The molecule has 0 saturated heterocycles. The monoisotopic (exact) mass is 1800 g/mol. The number of aliphatic hydroxyl groups is 1. The molecule has 0 radical (unpaired) electrons. The van der Waals surface area contributed by atoms with Gasteiger partial charge in [0.1, 0.15) is 52.5 Å². The van der Waals surface area contributed by atoms with Crippen LogP contribution in [0.2, 0.25) is 5.15 Å². The van der Waals surface area contributed by atoms with Crippen molar-refractivity contribution in [2.45, 2.75) is 202 Å². The van der Waals surface area contributed by atoms with Crippen LogP contribution in [-0.4, -0.2) is 225 Å². The SMILES string of the molecule is CC(C)(C)c1nnc2cc(C(=O)O)cc(OCCO)n12.COC(=O)c1cc(C)n2c(C(C)(C)C)nnc2c1.COC(=O)c1cc(Cl)n2c(C(C)(C)C)nnc2c1.COC(=O)c1ccn2c(C(C)(C)C)nnc2c1.COCc1cc(C(=O)O)cc2nnc(C(C)(C)C)n12.COc1cc(C(=O)O)cc2nnc(C(C)(C)C)n12.CSc1cc(C(=O)O)cc2nnc(C(C)(C)C)n12. The molecule has 0 unspecified atom stereocenters. The van der Waals surface area contributed by atoms with E-state index in [0.29, 0.717) is 85.6 Å². The minimum atomic E-state index is -1.07. The molecule has 0 atom stereocenters. The lowest BCUT2D eigenvalue weighted by Gasteiger charge is -2.18. The van der Waals surface area contributed by atoms with Gasteiger partial charge in [-0.1, -0.05) is 157 Å². The summed E-state index contributed by atoms with van der Waals surface area (Å²) in [6, 6.07) is 22.1. The number of nitrogens with zero attached hydrogens (tertiary/aromatic N) is 21. The Hall–Kier alpha value is -13.2. The smallest absolute Gasteiger partial charge is 0.338 e. The summed E-state index contributed by atoms with van der Waals surface area (Å²) in [5.41, 5.74) is 6.24. The number of carbonyl (C=O) groups excluding carboxylic acids is 3. The highest BCUT2D eigenvalue weighted by Gasteiger charge is 2.31. The number of aliphatic hydroxyl groups excluding tert-OH is 1. The number of halogens is 1. The maximum Gasteiger partial charge on any atom is 0.338 e. The number of methoxy groups -OCH3 is 5. The van der Waals surface area contributed by atoms with Crippen molar-refractivity contribution in [3.05, 3.63) is 187 Å². The number of aromatic carboxylic acids is 4. The van der Waals surface area contributed by atoms with Crippen LogP contribution >= 0.6 is 23.4 Å². The molecule has 0 amide bonds. The summed E-state index contributed by atoms with van der Waals surface area (Å²) in [5.74, 6) is 1.03. The summed E-state index contributed by atoms with van der Waals surface area (Å²) in [7, 11) is 7.11. The summed E-state index contributed by atoms with van der Waals surface area (Å²) in [6.45, 7) is 44.9. The van der Waals surface area contributed by atoms with E-state index in [1.54, 1.807) is 81.1 Å². The Kier molecular flexibility index (Phi) is 31.1. The van der Waals surface area contributed by atoms with Crippen molar-refractivity contribution in [3.63, 3.8) is 0 Å². The molecule has 14 heterocycles. The zero-order valence-electron chi connectivity index (χ0n) is 77.0. The fraction of sp³-hybridized carbons (Fsp3) is 0.437. The molecule has 39 nitrogen and oxygen atoms in total. The standard InChI is InChI=1S/C13H17N3O4.C13H17N3O3.C13H17N3O2.C12H14ClN3O2.C12H15N3O3.C12H15N3O2S.C12H15N3O2/c1-13(2,3)12-15-14-9-6-8(11(18)19)7-10(16(9)12)20-5-4-17;1-13(2,3)12-15-14-10-6-8(11(17)18)5-9(7-19-4)16(10)12;1-8-6-9(11(17)18-5)7-10-14-15-12(16(8)10)13(2,3)4;1-12(2,3)11-15-14-9-6-7(10(17)18-4)5-8(13)16(9)11;2*1-12(2,3)11-14-13-8-5-7(10(16)17)6-9(18-4)15(8)11;1-12(2,3)11-14-13-9-7-8(10(16)17-4)5-6-15(9)11/h6-7,17H,4-5H2,1-3H3,(H,18,19);5-6H,7H2,1-4H3,(H,17,18);6-7H,1-5H3;5-6H,1-4H3;2*5-6H,1-4H3,(H,16,17);5-7H,1-4H3. The number of hydrogen-bond donors (Lipinski definition) is 5. The molecule has 0 aliphatic carbocycles. The number of thioether (sulfide) groups is 1. The number of pyridine rings is 7. The van der Waals surface area contributed by atoms with Crippen LogP contribution in [0.3, 0.4) is 0 Å². The van der Waals surface area contributed by atoms with E-state index >= 15 is 0 Å². The Morgan fingerprint density at radius 1 is 0.359 bits per heavy atom. The molecule has 684 valence electrons. The first-order valence-corrected chi connectivity index (χ1v) is 41.4. The van der Waals surface area contributed by atoms with E-state index in [-0.39, 0.29) is 85.3 Å².